The summed E-state index contributed by atoms with van der Waals surface area (Å²) in [5, 5.41) is 6.70. The molecule has 1 fully saturated rings. The van der Waals surface area contributed by atoms with Gasteiger partial charge in [0, 0.05) is 39.4 Å². The molecule has 0 spiro atoms. The summed E-state index contributed by atoms with van der Waals surface area (Å²) in [4.78, 5) is 4.29. The lowest BCUT2D eigenvalue weighted by atomic mass is 10.1. The number of aryl methyl sites for hydroxylation is 1. The number of benzene rings is 1. The number of rotatable bonds is 11. The third kappa shape index (κ3) is 8.18. The average Bonchev–Trinajstić information content (AvgIpc) is 3.19. The number of aliphatic imine (C=N–C) groups is 1. The van der Waals surface area contributed by atoms with Crippen molar-refractivity contribution in [1.82, 2.24) is 10.6 Å². The normalized spacial score (nSPS) is 15.1. The average molecular weight is 378 g/mol. The van der Waals surface area contributed by atoms with Gasteiger partial charge in [0.05, 0.1) is 12.7 Å². The Labute approximate surface area is 163 Å². The first-order valence-electron chi connectivity index (χ1n) is 10.0. The van der Waals surface area contributed by atoms with E-state index >= 15 is 0 Å². The van der Waals surface area contributed by atoms with Gasteiger partial charge in [-0.15, -0.1) is 0 Å². The fourth-order valence-corrected chi connectivity index (χ4v) is 3.16. The summed E-state index contributed by atoms with van der Waals surface area (Å²) < 4.78 is 16.8. The van der Waals surface area contributed by atoms with Crippen molar-refractivity contribution in [1.29, 1.82) is 0 Å². The van der Waals surface area contributed by atoms with Crippen molar-refractivity contribution in [2.75, 3.05) is 40.5 Å². The largest absolute Gasteiger partial charge is 0.491 e. The molecule has 0 heterocycles. The van der Waals surface area contributed by atoms with Crippen LogP contribution in [0.2, 0.25) is 0 Å². The van der Waals surface area contributed by atoms with E-state index < -0.39 is 0 Å². The highest BCUT2D eigenvalue weighted by molar-refractivity contribution is 5.79. The maximum atomic E-state index is 5.89. The van der Waals surface area contributed by atoms with Crippen molar-refractivity contribution in [3.8, 4) is 5.75 Å². The molecule has 152 valence electrons. The zero-order valence-corrected chi connectivity index (χ0v) is 17.1. The summed E-state index contributed by atoms with van der Waals surface area (Å²) >= 11 is 0. The molecule has 0 unspecified atom stereocenters. The van der Waals surface area contributed by atoms with E-state index in [1.54, 1.807) is 14.2 Å². The Morgan fingerprint density at radius 2 is 1.96 bits per heavy atom. The van der Waals surface area contributed by atoms with Crippen LogP contribution in [0.1, 0.15) is 43.2 Å². The van der Waals surface area contributed by atoms with Gasteiger partial charge < -0.3 is 24.8 Å². The molecule has 0 radical (unpaired) electrons. The quantitative estimate of drug-likeness (QED) is 0.353. The first kappa shape index (κ1) is 21.5. The summed E-state index contributed by atoms with van der Waals surface area (Å²) in [6.45, 7) is 5.49. The summed E-state index contributed by atoms with van der Waals surface area (Å²) in [5.74, 6) is 1.68. The molecule has 1 saturated carbocycles. The minimum atomic E-state index is 0.487. The molecule has 0 aliphatic heterocycles. The molecule has 0 atom stereocenters. The van der Waals surface area contributed by atoms with Gasteiger partial charge in [-0.2, -0.15) is 0 Å². The first-order chi connectivity index (χ1) is 13.2. The molecule has 1 aliphatic carbocycles. The Bertz CT molecular complexity index is 572. The van der Waals surface area contributed by atoms with Crippen LogP contribution in [0.3, 0.4) is 0 Å². The van der Waals surface area contributed by atoms with E-state index in [0.29, 0.717) is 25.9 Å². The standard InChI is InChI=1S/C21H35N3O3/c1-17-9-10-18(20(15-17)27-14-13-25-3)16-24-21(22-2)23-11-6-12-26-19-7-4-5-8-19/h9-10,15,19H,4-8,11-14,16H2,1-3H3,(H2,22,23,24). The Hall–Kier alpha value is -1.79. The number of nitrogens with one attached hydrogen (secondary N) is 2. The highest BCUT2D eigenvalue weighted by Gasteiger charge is 2.14. The molecule has 2 rings (SSSR count). The van der Waals surface area contributed by atoms with E-state index in [0.717, 1.165) is 36.8 Å². The van der Waals surface area contributed by atoms with Crippen molar-refractivity contribution < 1.29 is 14.2 Å². The lowest BCUT2D eigenvalue weighted by molar-refractivity contribution is 0.0574. The van der Waals surface area contributed by atoms with Crippen LogP contribution in [0.5, 0.6) is 5.75 Å². The maximum absolute atomic E-state index is 5.89. The van der Waals surface area contributed by atoms with Crippen molar-refractivity contribution in [2.45, 2.75) is 51.7 Å². The number of ether oxygens (including phenoxy) is 3. The van der Waals surface area contributed by atoms with Gasteiger partial charge in [-0.25, -0.2) is 0 Å². The third-order valence-electron chi connectivity index (χ3n) is 4.71. The molecule has 2 N–H and O–H groups in total. The van der Waals surface area contributed by atoms with Crippen LogP contribution < -0.4 is 15.4 Å². The van der Waals surface area contributed by atoms with Crippen molar-refractivity contribution in [2.24, 2.45) is 4.99 Å². The molecule has 0 amide bonds. The Morgan fingerprint density at radius 3 is 2.70 bits per heavy atom. The van der Waals surface area contributed by atoms with Crippen LogP contribution >= 0.6 is 0 Å². The van der Waals surface area contributed by atoms with Gasteiger partial charge in [-0.05, 0) is 37.8 Å². The number of hydrogen-bond acceptors (Lipinski definition) is 4. The van der Waals surface area contributed by atoms with Crippen molar-refractivity contribution >= 4 is 5.96 Å². The van der Waals surface area contributed by atoms with E-state index in [4.69, 9.17) is 14.2 Å². The lowest BCUT2D eigenvalue weighted by Gasteiger charge is -2.16. The van der Waals surface area contributed by atoms with Gasteiger partial charge in [0.2, 0.25) is 0 Å². The van der Waals surface area contributed by atoms with Gasteiger partial charge >= 0.3 is 0 Å². The minimum Gasteiger partial charge on any atom is -0.491 e. The highest BCUT2D eigenvalue weighted by Crippen LogP contribution is 2.21. The van der Waals surface area contributed by atoms with Crippen LogP contribution in [-0.4, -0.2) is 52.6 Å². The fraction of sp³-hybridized carbons (Fsp3) is 0.667. The third-order valence-corrected chi connectivity index (χ3v) is 4.71. The molecule has 0 aromatic heterocycles. The zero-order valence-electron chi connectivity index (χ0n) is 17.1. The number of methoxy groups -OCH3 is 1. The molecular formula is C21H35N3O3. The highest BCUT2D eigenvalue weighted by atomic mass is 16.5. The molecule has 0 bridgehead atoms. The molecule has 1 aromatic rings. The smallest absolute Gasteiger partial charge is 0.191 e. The van der Waals surface area contributed by atoms with E-state index in [1.807, 2.05) is 0 Å². The summed E-state index contributed by atoms with van der Waals surface area (Å²) in [7, 11) is 3.46. The van der Waals surface area contributed by atoms with Crippen LogP contribution in [-0.2, 0) is 16.0 Å². The predicted octanol–water partition coefficient (Wildman–Crippen LogP) is 3.03. The van der Waals surface area contributed by atoms with Gasteiger partial charge in [-0.1, -0.05) is 25.0 Å². The van der Waals surface area contributed by atoms with Gasteiger partial charge in [0.15, 0.2) is 5.96 Å². The second-order valence-corrected chi connectivity index (χ2v) is 6.94. The fourth-order valence-electron chi connectivity index (χ4n) is 3.16. The SMILES string of the molecule is CN=C(NCCCOC1CCCC1)NCc1ccc(C)cc1OCCOC. The number of nitrogens with zero attached hydrogens (tertiary/aromatic N) is 1. The summed E-state index contributed by atoms with van der Waals surface area (Å²) in [5.41, 5.74) is 2.28. The second kappa shape index (κ2) is 12.6. The molecular weight excluding hydrogens is 342 g/mol. The van der Waals surface area contributed by atoms with E-state index in [-0.39, 0.29) is 0 Å². The summed E-state index contributed by atoms with van der Waals surface area (Å²) in [6, 6.07) is 6.24. The molecule has 0 saturated heterocycles. The predicted molar refractivity (Wildman–Crippen MR) is 110 cm³/mol. The number of hydrogen-bond donors (Lipinski definition) is 2. The molecule has 1 aromatic carbocycles. The molecule has 1 aliphatic rings. The zero-order chi connectivity index (χ0) is 19.3. The molecule has 27 heavy (non-hydrogen) atoms. The molecule has 6 nitrogen and oxygen atoms in total. The topological polar surface area (TPSA) is 64.1 Å². The molecule has 6 heteroatoms. The van der Waals surface area contributed by atoms with E-state index in [9.17, 15) is 0 Å². The number of guanidine groups is 1. The van der Waals surface area contributed by atoms with E-state index in [1.165, 1.54) is 31.2 Å². The van der Waals surface area contributed by atoms with Gasteiger partial charge in [0.25, 0.3) is 0 Å². The van der Waals surface area contributed by atoms with Crippen LogP contribution in [0.15, 0.2) is 23.2 Å². The van der Waals surface area contributed by atoms with Crippen LogP contribution in [0.4, 0.5) is 0 Å². The maximum Gasteiger partial charge on any atom is 0.191 e. The monoisotopic (exact) mass is 377 g/mol. The Kier molecular flexibility index (Phi) is 10.0. The minimum absolute atomic E-state index is 0.487. The van der Waals surface area contributed by atoms with Gasteiger partial charge in [-0.3, -0.25) is 4.99 Å². The van der Waals surface area contributed by atoms with Gasteiger partial charge in [0.1, 0.15) is 12.4 Å². The Balaban J connectivity index is 1.71. The van der Waals surface area contributed by atoms with Crippen LogP contribution in [0.25, 0.3) is 0 Å². The van der Waals surface area contributed by atoms with E-state index in [2.05, 4.69) is 40.7 Å². The Morgan fingerprint density at radius 1 is 1.15 bits per heavy atom. The lowest BCUT2D eigenvalue weighted by Crippen LogP contribution is -2.37. The van der Waals surface area contributed by atoms with Crippen molar-refractivity contribution in [3.63, 3.8) is 0 Å². The first-order valence-corrected chi connectivity index (χ1v) is 10.0. The van der Waals surface area contributed by atoms with Crippen molar-refractivity contribution in [3.05, 3.63) is 29.3 Å². The second-order valence-electron chi connectivity index (χ2n) is 6.94. The van der Waals surface area contributed by atoms with Crippen LogP contribution in [0, 0.1) is 6.92 Å². The summed E-state index contributed by atoms with van der Waals surface area (Å²) in [6.07, 6.45) is 6.54.